The highest BCUT2D eigenvalue weighted by molar-refractivity contribution is 5.94. The van der Waals surface area contributed by atoms with Crippen LogP contribution in [0, 0.1) is 0 Å². The second kappa shape index (κ2) is 8.05. The van der Waals surface area contributed by atoms with Crippen LogP contribution < -0.4 is 14.9 Å². The highest BCUT2D eigenvalue weighted by atomic mass is 16.5. The first-order valence-corrected chi connectivity index (χ1v) is 8.01. The average molecular weight is 366 g/mol. The number of phenolic OH excluding ortho intramolecular Hbond substituents is 1. The molecule has 3 aromatic rings. The fourth-order valence-corrected chi connectivity index (χ4v) is 2.41. The number of carbonyl (C=O) groups is 1. The van der Waals surface area contributed by atoms with Gasteiger partial charge < -0.3 is 14.6 Å². The predicted molar refractivity (Wildman–Crippen MR) is 100 cm³/mol. The van der Waals surface area contributed by atoms with Crippen molar-refractivity contribution >= 4 is 12.1 Å². The van der Waals surface area contributed by atoms with Crippen molar-refractivity contribution in [1.29, 1.82) is 0 Å². The Morgan fingerprint density at radius 1 is 1.15 bits per heavy atom. The Balaban J connectivity index is 1.70. The Morgan fingerprint density at radius 2 is 1.81 bits per heavy atom. The van der Waals surface area contributed by atoms with Gasteiger partial charge in [-0.3, -0.25) is 9.89 Å². The van der Waals surface area contributed by atoms with Gasteiger partial charge in [0.25, 0.3) is 5.91 Å². The zero-order chi connectivity index (χ0) is 19.2. The van der Waals surface area contributed by atoms with Gasteiger partial charge in [0.1, 0.15) is 5.69 Å². The third kappa shape index (κ3) is 4.06. The van der Waals surface area contributed by atoms with Gasteiger partial charge >= 0.3 is 0 Å². The molecule has 0 aliphatic carbocycles. The van der Waals surface area contributed by atoms with Crippen LogP contribution >= 0.6 is 0 Å². The van der Waals surface area contributed by atoms with E-state index in [1.165, 1.54) is 20.4 Å². The van der Waals surface area contributed by atoms with Crippen molar-refractivity contribution in [3.05, 3.63) is 59.8 Å². The quantitative estimate of drug-likeness (QED) is 0.459. The molecule has 1 heterocycles. The molecule has 1 aromatic heterocycles. The van der Waals surface area contributed by atoms with Crippen LogP contribution in [0.1, 0.15) is 16.1 Å². The van der Waals surface area contributed by atoms with Crippen molar-refractivity contribution in [1.82, 2.24) is 15.6 Å². The highest BCUT2D eigenvalue weighted by Crippen LogP contribution is 2.36. The standard InChI is InChI=1S/C19H18N4O4/c1-26-16-8-12(9-17(27-2)18(16)24)11-20-23-19(25)15-10-14(21-22-15)13-6-4-3-5-7-13/h3-11,24H,1-2H3,(H,21,22)(H,23,25)/b20-11+. The van der Waals surface area contributed by atoms with Crippen molar-refractivity contribution in [3.63, 3.8) is 0 Å². The molecule has 3 N–H and O–H groups in total. The Labute approximate surface area is 155 Å². The van der Waals surface area contributed by atoms with Gasteiger partial charge in [-0.2, -0.15) is 10.2 Å². The zero-order valence-corrected chi connectivity index (χ0v) is 14.8. The predicted octanol–water partition coefficient (Wildman–Crippen LogP) is 2.56. The number of aromatic hydroxyl groups is 1. The summed E-state index contributed by atoms with van der Waals surface area (Å²) < 4.78 is 10.2. The minimum absolute atomic E-state index is 0.105. The highest BCUT2D eigenvalue weighted by Gasteiger charge is 2.12. The Morgan fingerprint density at radius 3 is 2.44 bits per heavy atom. The minimum Gasteiger partial charge on any atom is -0.502 e. The number of nitrogens with one attached hydrogen (secondary N) is 2. The van der Waals surface area contributed by atoms with E-state index in [1.54, 1.807) is 18.2 Å². The number of phenols is 1. The summed E-state index contributed by atoms with van der Waals surface area (Å²) in [6.07, 6.45) is 1.41. The van der Waals surface area contributed by atoms with Gasteiger partial charge in [-0.25, -0.2) is 5.43 Å². The number of H-pyrrole nitrogens is 1. The lowest BCUT2D eigenvalue weighted by atomic mass is 10.1. The summed E-state index contributed by atoms with van der Waals surface area (Å²) in [5.41, 5.74) is 4.85. The van der Waals surface area contributed by atoms with Gasteiger partial charge in [-0.05, 0) is 18.2 Å². The molecule has 1 amide bonds. The lowest BCUT2D eigenvalue weighted by Gasteiger charge is -2.09. The first kappa shape index (κ1) is 18.0. The van der Waals surface area contributed by atoms with Crippen LogP contribution in [0.25, 0.3) is 11.3 Å². The number of amides is 1. The summed E-state index contributed by atoms with van der Waals surface area (Å²) in [5, 5.41) is 20.6. The van der Waals surface area contributed by atoms with Gasteiger partial charge in [-0.15, -0.1) is 0 Å². The number of carbonyl (C=O) groups excluding carboxylic acids is 1. The average Bonchev–Trinajstić information content (AvgIpc) is 3.20. The van der Waals surface area contributed by atoms with Crippen LogP contribution in [0.4, 0.5) is 0 Å². The molecule has 0 unspecified atom stereocenters. The fourth-order valence-electron chi connectivity index (χ4n) is 2.41. The van der Waals surface area contributed by atoms with E-state index in [4.69, 9.17) is 9.47 Å². The van der Waals surface area contributed by atoms with Crippen LogP contribution in [0.2, 0.25) is 0 Å². The third-order valence-corrected chi connectivity index (χ3v) is 3.77. The lowest BCUT2D eigenvalue weighted by Crippen LogP contribution is -2.18. The number of aromatic nitrogens is 2. The molecule has 0 atom stereocenters. The molecular weight excluding hydrogens is 348 g/mol. The molecule has 2 aromatic carbocycles. The molecule has 27 heavy (non-hydrogen) atoms. The molecule has 0 fully saturated rings. The number of benzene rings is 2. The summed E-state index contributed by atoms with van der Waals surface area (Å²) in [6.45, 7) is 0. The van der Waals surface area contributed by atoms with Crippen molar-refractivity contribution < 1.29 is 19.4 Å². The van der Waals surface area contributed by atoms with E-state index in [-0.39, 0.29) is 22.9 Å². The lowest BCUT2D eigenvalue weighted by molar-refractivity contribution is 0.0950. The summed E-state index contributed by atoms with van der Waals surface area (Å²) >= 11 is 0. The molecule has 0 saturated heterocycles. The second-order valence-electron chi connectivity index (χ2n) is 5.51. The van der Waals surface area contributed by atoms with Gasteiger partial charge in [0.05, 0.1) is 26.1 Å². The molecular formula is C19H18N4O4. The number of rotatable bonds is 6. The third-order valence-electron chi connectivity index (χ3n) is 3.77. The largest absolute Gasteiger partial charge is 0.502 e. The van der Waals surface area contributed by atoms with E-state index < -0.39 is 5.91 Å². The molecule has 0 bridgehead atoms. The fraction of sp³-hybridized carbons (Fsp3) is 0.105. The number of nitrogens with zero attached hydrogens (tertiary/aromatic N) is 2. The first-order valence-electron chi connectivity index (χ1n) is 8.01. The Hall–Kier alpha value is -3.81. The van der Waals surface area contributed by atoms with Gasteiger partial charge in [0, 0.05) is 11.1 Å². The zero-order valence-electron chi connectivity index (χ0n) is 14.8. The van der Waals surface area contributed by atoms with Gasteiger partial charge in [0.2, 0.25) is 5.75 Å². The molecule has 3 rings (SSSR count). The number of methoxy groups -OCH3 is 2. The van der Waals surface area contributed by atoms with Gasteiger partial charge in [0.15, 0.2) is 11.5 Å². The van der Waals surface area contributed by atoms with Crippen LogP contribution in [-0.4, -0.2) is 41.6 Å². The summed E-state index contributed by atoms with van der Waals surface area (Å²) in [4.78, 5) is 12.2. The molecule has 0 aliphatic rings. The first-order chi connectivity index (χ1) is 13.1. The van der Waals surface area contributed by atoms with Crippen molar-refractivity contribution in [2.24, 2.45) is 5.10 Å². The maximum atomic E-state index is 12.2. The number of hydrogen-bond donors (Lipinski definition) is 3. The van der Waals surface area contributed by atoms with Crippen LogP contribution in [-0.2, 0) is 0 Å². The van der Waals surface area contributed by atoms with Crippen LogP contribution in [0.5, 0.6) is 17.2 Å². The van der Waals surface area contributed by atoms with Gasteiger partial charge in [-0.1, -0.05) is 30.3 Å². The Bertz CT molecular complexity index is 942. The molecule has 8 heteroatoms. The molecule has 138 valence electrons. The summed E-state index contributed by atoms with van der Waals surface area (Å²) in [6, 6.07) is 14.3. The van der Waals surface area contributed by atoms with Crippen LogP contribution in [0.15, 0.2) is 53.6 Å². The van der Waals surface area contributed by atoms with E-state index in [2.05, 4.69) is 20.7 Å². The number of hydrazone groups is 1. The van der Waals surface area contributed by atoms with Crippen molar-refractivity contribution in [2.75, 3.05) is 14.2 Å². The SMILES string of the molecule is COc1cc(/C=N/NC(=O)c2cc(-c3ccccc3)n[nH]2)cc(OC)c1O. The topological polar surface area (TPSA) is 109 Å². The van der Waals surface area contributed by atoms with E-state index in [9.17, 15) is 9.90 Å². The van der Waals surface area contributed by atoms with Crippen LogP contribution in [0.3, 0.4) is 0 Å². The van der Waals surface area contributed by atoms with E-state index in [0.717, 1.165) is 5.56 Å². The summed E-state index contributed by atoms with van der Waals surface area (Å²) in [5.74, 6) is -0.0582. The smallest absolute Gasteiger partial charge is 0.289 e. The number of hydrogen-bond acceptors (Lipinski definition) is 6. The molecule has 0 radical (unpaired) electrons. The van der Waals surface area contributed by atoms with Crippen molar-refractivity contribution in [3.8, 4) is 28.5 Å². The molecule has 8 nitrogen and oxygen atoms in total. The van der Waals surface area contributed by atoms with E-state index >= 15 is 0 Å². The molecule has 0 saturated carbocycles. The second-order valence-corrected chi connectivity index (χ2v) is 5.51. The molecule has 0 aliphatic heterocycles. The maximum Gasteiger partial charge on any atom is 0.289 e. The summed E-state index contributed by atoms with van der Waals surface area (Å²) in [7, 11) is 2.86. The van der Waals surface area contributed by atoms with E-state index in [1.807, 2.05) is 30.3 Å². The van der Waals surface area contributed by atoms with Crippen molar-refractivity contribution in [2.45, 2.75) is 0 Å². The Kier molecular flexibility index (Phi) is 5.36. The number of ether oxygens (including phenoxy) is 2. The normalized spacial score (nSPS) is 10.7. The van der Waals surface area contributed by atoms with E-state index in [0.29, 0.717) is 11.3 Å². The monoisotopic (exact) mass is 366 g/mol. The maximum absolute atomic E-state index is 12.2. The minimum atomic E-state index is -0.432. The number of aromatic amines is 1. The molecule has 0 spiro atoms.